The molecule has 11 heavy (non-hydrogen) atoms. The predicted molar refractivity (Wildman–Crippen MR) is 45.3 cm³/mol. The Hall–Kier alpha value is -0.530. The van der Waals surface area contributed by atoms with Crippen LogP contribution in [-0.4, -0.2) is 13.0 Å². The summed E-state index contributed by atoms with van der Waals surface area (Å²) in [5.74, 6) is 0.248. The molecule has 1 amide bonds. The molecule has 2 nitrogen and oxygen atoms in total. The molecule has 1 N–H and O–H groups in total. The number of rotatable bonds is 2. The molecule has 0 aliphatic heterocycles. The Morgan fingerprint density at radius 3 is 2.36 bits per heavy atom. The average molecular weight is 155 g/mol. The summed E-state index contributed by atoms with van der Waals surface area (Å²) in [5, 5.41) is 2.76. The Balaban J connectivity index is 2.66. The first-order valence-corrected chi connectivity index (χ1v) is 4.47. The van der Waals surface area contributed by atoms with Crippen molar-refractivity contribution in [3.8, 4) is 0 Å². The third-order valence-electron chi connectivity index (χ3n) is 2.95. The number of carbonyl (C=O) groups excluding carboxylic acids is 1. The van der Waals surface area contributed by atoms with Crippen LogP contribution < -0.4 is 5.32 Å². The van der Waals surface area contributed by atoms with Gasteiger partial charge in [-0.1, -0.05) is 19.8 Å². The molecule has 0 aromatic rings. The van der Waals surface area contributed by atoms with E-state index >= 15 is 0 Å². The summed E-state index contributed by atoms with van der Waals surface area (Å²) in [6.45, 7) is 2.11. The molecular formula is C9H17NO. The molecule has 0 atom stereocenters. The van der Waals surface area contributed by atoms with Crippen molar-refractivity contribution in [3.05, 3.63) is 0 Å². The van der Waals surface area contributed by atoms with Gasteiger partial charge in [-0.15, -0.1) is 0 Å². The maximum Gasteiger partial charge on any atom is 0.225 e. The van der Waals surface area contributed by atoms with E-state index in [2.05, 4.69) is 12.2 Å². The Morgan fingerprint density at radius 1 is 1.45 bits per heavy atom. The number of carbonyl (C=O) groups is 1. The molecule has 2 heteroatoms. The molecule has 0 unspecified atom stereocenters. The van der Waals surface area contributed by atoms with Crippen LogP contribution in [0.3, 0.4) is 0 Å². The zero-order valence-electron chi connectivity index (χ0n) is 7.44. The van der Waals surface area contributed by atoms with Crippen molar-refractivity contribution in [3.63, 3.8) is 0 Å². The number of amides is 1. The van der Waals surface area contributed by atoms with E-state index < -0.39 is 0 Å². The van der Waals surface area contributed by atoms with E-state index in [1.807, 2.05) is 0 Å². The van der Waals surface area contributed by atoms with E-state index in [1.54, 1.807) is 7.05 Å². The summed E-state index contributed by atoms with van der Waals surface area (Å²) < 4.78 is 0. The minimum absolute atomic E-state index is 0.00521. The van der Waals surface area contributed by atoms with Crippen LogP contribution in [0.1, 0.15) is 39.0 Å². The summed E-state index contributed by atoms with van der Waals surface area (Å²) in [7, 11) is 1.73. The molecule has 1 aliphatic rings. The SMILES string of the molecule is CCC1(C(=O)NC)CCCC1. The van der Waals surface area contributed by atoms with Gasteiger partial charge in [0.05, 0.1) is 0 Å². The predicted octanol–water partition coefficient (Wildman–Crippen LogP) is 1.70. The largest absolute Gasteiger partial charge is 0.359 e. The molecule has 0 aromatic heterocycles. The van der Waals surface area contributed by atoms with E-state index in [0.717, 1.165) is 19.3 Å². The summed E-state index contributed by atoms with van der Waals surface area (Å²) in [6.07, 6.45) is 5.61. The Kier molecular flexibility index (Phi) is 2.53. The van der Waals surface area contributed by atoms with E-state index in [-0.39, 0.29) is 11.3 Å². The molecule has 0 spiro atoms. The van der Waals surface area contributed by atoms with E-state index in [0.29, 0.717) is 0 Å². The van der Waals surface area contributed by atoms with Crippen LogP contribution in [0, 0.1) is 5.41 Å². The summed E-state index contributed by atoms with van der Waals surface area (Å²) in [4.78, 5) is 11.5. The summed E-state index contributed by atoms with van der Waals surface area (Å²) in [6, 6.07) is 0. The van der Waals surface area contributed by atoms with Crippen LogP contribution in [0.5, 0.6) is 0 Å². The molecule has 1 fully saturated rings. The quantitative estimate of drug-likeness (QED) is 0.646. The van der Waals surface area contributed by atoms with Crippen molar-refractivity contribution in [2.75, 3.05) is 7.05 Å². The van der Waals surface area contributed by atoms with Gasteiger partial charge in [0.15, 0.2) is 0 Å². The van der Waals surface area contributed by atoms with Gasteiger partial charge in [0, 0.05) is 12.5 Å². The molecular weight excluding hydrogens is 138 g/mol. The Bertz CT molecular complexity index is 148. The van der Waals surface area contributed by atoms with E-state index in [9.17, 15) is 4.79 Å². The zero-order valence-corrected chi connectivity index (χ0v) is 7.44. The average Bonchev–Trinajstić information content (AvgIpc) is 2.52. The molecule has 1 rings (SSSR count). The van der Waals surface area contributed by atoms with Crippen LogP contribution in [0.4, 0.5) is 0 Å². The Labute approximate surface area is 68.4 Å². The standard InChI is InChI=1S/C9H17NO/c1-3-9(8(11)10-2)6-4-5-7-9/h3-7H2,1-2H3,(H,10,11). The fourth-order valence-corrected chi connectivity index (χ4v) is 2.06. The fourth-order valence-electron chi connectivity index (χ4n) is 2.06. The van der Waals surface area contributed by atoms with Crippen molar-refractivity contribution < 1.29 is 4.79 Å². The van der Waals surface area contributed by atoms with Crippen molar-refractivity contribution in [1.82, 2.24) is 5.32 Å². The van der Waals surface area contributed by atoms with Gasteiger partial charge in [-0.2, -0.15) is 0 Å². The highest BCUT2D eigenvalue weighted by Gasteiger charge is 2.38. The van der Waals surface area contributed by atoms with Gasteiger partial charge >= 0.3 is 0 Å². The van der Waals surface area contributed by atoms with Crippen LogP contribution in [0.25, 0.3) is 0 Å². The van der Waals surface area contributed by atoms with Gasteiger partial charge in [-0.3, -0.25) is 4.79 Å². The highest BCUT2D eigenvalue weighted by atomic mass is 16.2. The van der Waals surface area contributed by atoms with Crippen molar-refractivity contribution in [1.29, 1.82) is 0 Å². The summed E-state index contributed by atoms with van der Waals surface area (Å²) in [5.41, 5.74) is -0.00521. The number of hydrogen-bond donors (Lipinski definition) is 1. The molecule has 0 radical (unpaired) electrons. The molecule has 1 aliphatic carbocycles. The minimum Gasteiger partial charge on any atom is -0.359 e. The van der Waals surface area contributed by atoms with E-state index in [1.165, 1.54) is 12.8 Å². The number of hydrogen-bond acceptors (Lipinski definition) is 1. The van der Waals surface area contributed by atoms with Crippen molar-refractivity contribution in [2.45, 2.75) is 39.0 Å². The first-order chi connectivity index (χ1) is 5.25. The second-order valence-corrected chi connectivity index (χ2v) is 3.42. The monoisotopic (exact) mass is 155 g/mol. The van der Waals surface area contributed by atoms with Gasteiger partial charge < -0.3 is 5.32 Å². The Morgan fingerprint density at radius 2 is 2.00 bits per heavy atom. The van der Waals surface area contributed by atoms with Crippen molar-refractivity contribution in [2.24, 2.45) is 5.41 Å². The molecule has 0 bridgehead atoms. The lowest BCUT2D eigenvalue weighted by Gasteiger charge is -2.24. The van der Waals surface area contributed by atoms with Gasteiger partial charge in [-0.05, 0) is 19.3 Å². The molecule has 0 aromatic carbocycles. The normalized spacial score (nSPS) is 21.6. The summed E-state index contributed by atoms with van der Waals surface area (Å²) >= 11 is 0. The third-order valence-corrected chi connectivity index (χ3v) is 2.95. The van der Waals surface area contributed by atoms with Gasteiger partial charge in [0.1, 0.15) is 0 Å². The fraction of sp³-hybridized carbons (Fsp3) is 0.889. The minimum atomic E-state index is -0.00521. The van der Waals surface area contributed by atoms with Gasteiger partial charge in [-0.25, -0.2) is 0 Å². The van der Waals surface area contributed by atoms with Crippen LogP contribution >= 0.6 is 0 Å². The second kappa shape index (κ2) is 3.24. The molecule has 0 heterocycles. The lowest BCUT2D eigenvalue weighted by Crippen LogP contribution is -2.36. The lowest BCUT2D eigenvalue weighted by molar-refractivity contribution is -0.130. The van der Waals surface area contributed by atoms with Crippen LogP contribution in [0.2, 0.25) is 0 Å². The third kappa shape index (κ3) is 1.39. The molecule has 64 valence electrons. The van der Waals surface area contributed by atoms with Crippen LogP contribution in [0.15, 0.2) is 0 Å². The lowest BCUT2D eigenvalue weighted by atomic mass is 9.82. The van der Waals surface area contributed by atoms with E-state index in [4.69, 9.17) is 0 Å². The highest BCUT2D eigenvalue weighted by Crippen LogP contribution is 2.40. The van der Waals surface area contributed by atoms with Gasteiger partial charge in [0.2, 0.25) is 5.91 Å². The molecule has 0 saturated heterocycles. The zero-order chi connectivity index (χ0) is 8.32. The maximum absolute atomic E-state index is 11.5. The second-order valence-electron chi connectivity index (χ2n) is 3.42. The topological polar surface area (TPSA) is 29.1 Å². The first-order valence-electron chi connectivity index (χ1n) is 4.47. The highest BCUT2D eigenvalue weighted by molar-refractivity contribution is 5.82. The number of nitrogens with one attached hydrogen (secondary N) is 1. The van der Waals surface area contributed by atoms with Crippen LogP contribution in [-0.2, 0) is 4.79 Å². The molecule has 1 saturated carbocycles. The maximum atomic E-state index is 11.5. The smallest absolute Gasteiger partial charge is 0.225 e. The first kappa shape index (κ1) is 8.57. The van der Waals surface area contributed by atoms with Gasteiger partial charge in [0.25, 0.3) is 0 Å². The van der Waals surface area contributed by atoms with Crippen molar-refractivity contribution >= 4 is 5.91 Å².